The Labute approximate surface area is 91.2 Å². The molecule has 0 N–H and O–H groups in total. The van der Waals surface area contributed by atoms with Crippen molar-refractivity contribution in [3.05, 3.63) is 23.4 Å². The second kappa shape index (κ2) is 5.39. The van der Waals surface area contributed by atoms with E-state index in [1.54, 1.807) is 6.92 Å². The Kier molecular flexibility index (Phi) is 4.16. The summed E-state index contributed by atoms with van der Waals surface area (Å²) in [6.45, 7) is 1.80. The van der Waals surface area contributed by atoms with Crippen molar-refractivity contribution in [1.82, 2.24) is 4.98 Å². The van der Waals surface area contributed by atoms with E-state index in [2.05, 4.69) is 4.98 Å². The molecular formula is C10H11F2NO3. The Hall–Kier alpha value is -1.72. The van der Waals surface area contributed by atoms with E-state index in [9.17, 15) is 13.6 Å². The summed E-state index contributed by atoms with van der Waals surface area (Å²) in [4.78, 5) is 14.9. The standard InChI is InChI=1S/C10H11F2NO3/c1-3-16-10(14)6-4-7(9(11)12)13-8(5-6)15-2/h4-5,9H,3H2,1-2H3. The first kappa shape index (κ1) is 12.4. The van der Waals surface area contributed by atoms with Gasteiger partial charge in [-0.25, -0.2) is 18.6 Å². The first-order valence-electron chi connectivity index (χ1n) is 4.59. The van der Waals surface area contributed by atoms with Crippen molar-refractivity contribution < 1.29 is 23.0 Å². The van der Waals surface area contributed by atoms with Crippen LogP contribution < -0.4 is 4.74 Å². The fourth-order valence-corrected chi connectivity index (χ4v) is 1.07. The van der Waals surface area contributed by atoms with E-state index >= 15 is 0 Å². The summed E-state index contributed by atoms with van der Waals surface area (Å²) in [5, 5.41) is 0. The topological polar surface area (TPSA) is 48.4 Å². The van der Waals surface area contributed by atoms with Crippen LogP contribution in [0.15, 0.2) is 12.1 Å². The van der Waals surface area contributed by atoms with Crippen molar-refractivity contribution >= 4 is 5.97 Å². The predicted octanol–water partition coefficient (Wildman–Crippen LogP) is 2.20. The maximum Gasteiger partial charge on any atom is 0.338 e. The molecule has 0 aromatic carbocycles. The predicted molar refractivity (Wildman–Crippen MR) is 51.7 cm³/mol. The number of alkyl halides is 2. The van der Waals surface area contributed by atoms with Gasteiger partial charge in [0.05, 0.1) is 19.3 Å². The molecule has 0 aliphatic carbocycles. The molecule has 16 heavy (non-hydrogen) atoms. The quantitative estimate of drug-likeness (QED) is 0.745. The van der Waals surface area contributed by atoms with Crippen molar-refractivity contribution in [3.63, 3.8) is 0 Å². The first-order valence-corrected chi connectivity index (χ1v) is 4.59. The SMILES string of the molecule is CCOC(=O)c1cc(OC)nc(C(F)F)c1. The molecule has 0 atom stereocenters. The average Bonchev–Trinajstić information content (AvgIpc) is 2.28. The highest BCUT2D eigenvalue weighted by molar-refractivity contribution is 5.89. The molecule has 4 nitrogen and oxygen atoms in total. The molecule has 0 saturated heterocycles. The van der Waals surface area contributed by atoms with Gasteiger partial charge < -0.3 is 9.47 Å². The largest absolute Gasteiger partial charge is 0.481 e. The van der Waals surface area contributed by atoms with Gasteiger partial charge in [0.25, 0.3) is 6.43 Å². The van der Waals surface area contributed by atoms with Gasteiger partial charge in [0.1, 0.15) is 5.69 Å². The minimum absolute atomic E-state index is 0.00370. The molecule has 0 bridgehead atoms. The van der Waals surface area contributed by atoms with Gasteiger partial charge in [-0.1, -0.05) is 0 Å². The highest BCUT2D eigenvalue weighted by atomic mass is 19.3. The van der Waals surface area contributed by atoms with Crippen LogP contribution in [0, 0.1) is 0 Å². The van der Waals surface area contributed by atoms with Gasteiger partial charge in [-0.05, 0) is 13.0 Å². The Morgan fingerprint density at radius 3 is 2.69 bits per heavy atom. The normalized spacial score (nSPS) is 10.3. The number of halogens is 2. The number of nitrogens with zero attached hydrogens (tertiary/aromatic N) is 1. The molecule has 1 aromatic rings. The molecule has 1 rings (SSSR count). The summed E-state index contributed by atoms with van der Waals surface area (Å²) in [5.41, 5.74) is -0.508. The number of carbonyl (C=O) groups excluding carboxylic acids is 1. The van der Waals surface area contributed by atoms with Crippen LogP contribution in [0.4, 0.5) is 8.78 Å². The van der Waals surface area contributed by atoms with Crippen molar-refractivity contribution in [3.8, 4) is 5.88 Å². The number of hydrogen-bond acceptors (Lipinski definition) is 4. The molecule has 0 amide bonds. The number of ether oxygens (including phenoxy) is 2. The molecule has 0 aliphatic rings. The molecule has 6 heteroatoms. The van der Waals surface area contributed by atoms with Crippen LogP contribution in [-0.4, -0.2) is 24.7 Å². The van der Waals surface area contributed by atoms with Gasteiger partial charge in [-0.2, -0.15) is 0 Å². The van der Waals surface area contributed by atoms with Crippen LogP contribution in [-0.2, 0) is 4.74 Å². The number of esters is 1. The van der Waals surface area contributed by atoms with Gasteiger partial charge in [0.15, 0.2) is 0 Å². The molecule has 0 aliphatic heterocycles. The number of aromatic nitrogens is 1. The Balaban J connectivity index is 3.08. The fourth-order valence-electron chi connectivity index (χ4n) is 1.07. The Morgan fingerprint density at radius 2 is 2.19 bits per heavy atom. The van der Waals surface area contributed by atoms with E-state index in [4.69, 9.17) is 9.47 Å². The maximum atomic E-state index is 12.4. The lowest BCUT2D eigenvalue weighted by Gasteiger charge is -2.06. The lowest BCUT2D eigenvalue weighted by atomic mass is 10.2. The minimum Gasteiger partial charge on any atom is -0.481 e. The van der Waals surface area contributed by atoms with Crippen molar-refractivity contribution in [2.45, 2.75) is 13.3 Å². The molecule has 1 heterocycles. The lowest BCUT2D eigenvalue weighted by molar-refractivity contribution is 0.0525. The third-order valence-corrected chi connectivity index (χ3v) is 1.77. The van der Waals surface area contributed by atoms with Crippen LogP contribution >= 0.6 is 0 Å². The zero-order valence-corrected chi connectivity index (χ0v) is 8.87. The molecule has 0 fully saturated rings. The summed E-state index contributed by atoms with van der Waals surface area (Å²) in [6, 6.07) is 2.25. The van der Waals surface area contributed by atoms with Gasteiger partial charge in [-0.15, -0.1) is 0 Å². The summed E-state index contributed by atoms with van der Waals surface area (Å²) in [5.74, 6) is -0.717. The second-order valence-electron chi connectivity index (χ2n) is 2.84. The molecule has 0 spiro atoms. The van der Waals surface area contributed by atoms with E-state index in [-0.39, 0.29) is 18.1 Å². The number of pyridine rings is 1. The average molecular weight is 231 g/mol. The number of methoxy groups -OCH3 is 1. The summed E-state index contributed by atoms with van der Waals surface area (Å²) >= 11 is 0. The first-order chi connectivity index (χ1) is 7.58. The Bertz CT molecular complexity index is 382. The number of rotatable bonds is 4. The van der Waals surface area contributed by atoms with Crippen LogP contribution in [0.5, 0.6) is 5.88 Å². The van der Waals surface area contributed by atoms with Crippen LogP contribution in [0.1, 0.15) is 29.4 Å². The van der Waals surface area contributed by atoms with E-state index in [1.165, 1.54) is 13.2 Å². The van der Waals surface area contributed by atoms with Gasteiger partial charge in [-0.3, -0.25) is 0 Å². The van der Waals surface area contributed by atoms with Crippen LogP contribution in [0.25, 0.3) is 0 Å². The highest BCUT2D eigenvalue weighted by Crippen LogP contribution is 2.21. The van der Waals surface area contributed by atoms with Crippen LogP contribution in [0.3, 0.4) is 0 Å². The molecule has 0 unspecified atom stereocenters. The third-order valence-electron chi connectivity index (χ3n) is 1.77. The summed E-state index contributed by atoms with van der Waals surface area (Å²) < 4.78 is 34.3. The van der Waals surface area contributed by atoms with Crippen molar-refractivity contribution in [2.75, 3.05) is 13.7 Å². The smallest absolute Gasteiger partial charge is 0.338 e. The molecule has 0 saturated carbocycles. The Morgan fingerprint density at radius 1 is 1.50 bits per heavy atom. The minimum atomic E-state index is -2.76. The number of hydrogen-bond donors (Lipinski definition) is 0. The van der Waals surface area contributed by atoms with Gasteiger partial charge in [0, 0.05) is 6.07 Å². The summed E-state index contributed by atoms with van der Waals surface area (Å²) in [6.07, 6.45) is -2.76. The molecular weight excluding hydrogens is 220 g/mol. The van der Waals surface area contributed by atoms with Gasteiger partial charge in [0.2, 0.25) is 5.88 Å². The highest BCUT2D eigenvalue weighted by Gasteiger charge is 2.16. The van der Waals surface area contributed by atoms with Crippen LogP contribution in [0.2, 0.25) is 0 Å². The monoisotopic (exact) mass is 231 g/mol. The van der Waals surface area contributed by atoms with Gasteiger partial charge >= 0.3 is 5.97 Å². The van der Waals surface area contributed by atoms with E-state index < -0.39 is 18.1 Å². The maximum absolute atomic E-state index is 12.4. The molecule has 0 radical (unpaired) electrons. The molecule has 1 aromatic heterocycles. The van der Waals surface area contributed by atoms with E-state index in [1.807, 2.05) is 0 Å². The number of carbonyl (C=O) groups is 1. The lowest BCUT2D eigenvalue weighted by Crippen LogP contribution is -2.07. The van der Waals surface area contributed by atoms with Crippen molar-refractivity contribution in [1.29, 1.82) is 0 Å². The second-order valence-corrected chi connectivity index (χ2v) is 2.84. The fraction of sp³-hybridized carbons (Fsp3) is 0.400. The zero-order chi connectivity index (χ0) is 12.1. The molecule has 88 valence electrons. The van der Waals surface area contributed by atoms with E-state index in [0.717, 1.165) is 6.07 Å². The zero-order valence-electron chi connectivity index (χ0n) is 8.87. The third kappa shape index (κ3) is 2.88. The van der Waals surface area contributed by atoms with Crippen molar-refractivity contribution in [2.24, 2.45) is 0 Å². The van der Waals surface area contributed by atoms with E-state index in [0.29, 0.717) is 0 Å². The summed E-state index contributed by atoms with van der Waals surface area (Å²) in [7, 11) is 1.28.